The van der Waals surface area contributed by atoms with Crippen LogP contribution in [0.25, 0.3) is 0 Å². The quantitative estimate of drug-likeness (QED) is 0.729. The van der Waals surface area contributed by atoms with Crippen molar-refractivity contribution in [1.82, 2.24) is 0 Å². The first kappa shape index (κ1) is 9.55. The Hall–Kier alpha value is -0.540. The lowest BCUT2D eigenvalue weighted by atomic mass is 10.1. The number of halogens is 1. The average molecular weight is 185 g/mol. The van der Waals surface area contributed by atoms with Gasteiger partial charge in [-0.05, 0) is 36.9 Å². The lowest BCUT2D eigenvalue weighted by Gasteiger charge is -2.02. The van der Waals surface area contributed by atoms with Crippen LogP contribution in [0.1, 0.15) is 5.56 Å². The minimum atomic E-state index is -0.146. The fourth-order valence-corrected chi connectivity index (χ4v) is 1.44. The van der Waals surface area contributed by atoms with Gasteiger partial charge in [-0.25, -0.2) is 4.39 Å². The molecule has 1 aromatic carbocycles. The Morgan fingerprint density at radius 1 is 1.50 bits per heavy atom. The second-order valence-corrected chi connectivity index (χ2v) is 3.38. The fraction of sp³-hybridized carbons (Fsp3) is 0.333. The van der Waals surface area contributed by atoms with Crippen molar-refractivity contribution < 1.29 is 4.39 Å². The maximum Gasteiger partial charge on any atom is 0.127 e. The molecule has 1 rings (SSSR count). The summed E-state index contributed by atoms with van der Waals surface area (Å²) in [4.78, 5) is 0.952. The molecule has 0 atom stereocenters. The third-order valence-corrected chi connectivity index (χ3v) is 2.40. The van der Waals surface area contributed by atoms with E-state index in [0.717, 1.165) is 4.90 Å². The molecule has 0 saturated heterocycles. The molecule has 0 unspecified atom stereocenters. The first-order valence-electron chi connectivity index (χ1n) is 3.80. The Labute approximate surface area is 76.2 Å². The Kier molecular flexibility index (Phi) is 3.56. The predicted molar refractivity (Wildman–Crippen MR) is 50.9 cm³/mol. The van der Waals surface area contributed by atoms with Crippen molar-refractivity contribution >= 4 is 11.8 Å². The summed E-state index contributed by atoms with van der Waals surface area (Å²) in [5, 5.41) is 0. The molecule has 0 bridgehead atoms. The molecule has 0 radical (unpaired) electrons. The summed E-state index contributed by atoms with van der Waals surface area (Å²) in [6, 6.07) is 5.27. The van der Waals surface area contributed by atoms with Crippen LogP contribution in [-0.2, 0) is 6.42 Å². The molecule has 3 heteroatoms. The zero-order valence-corrected chi connectivity index (χ0v) is 7.83. The molecule has 66 valence electrons. The Bertz CT molecular complexity index is 263. The average Bonchev–Trinajstić information content (AvgIpc) is 2.09. The van der Waals surface area contributed by atoms with Crippen molar-refractivity contribution in [2.75, 3.05) is 12.8 Å². The van der Waals surface area contributed by atoms with E-state index < -0.39 is 0 Å². The van der Waals surface area contributed by atoms with Gasteiger partial charge in [-0.1, -0.05) is 6.07 Å². The highest BCUT2D eigenvalue weighted by Gasteiger charge is 2.01. The van der Waals surface area contributed by atoms with E-state index in [-0.39, 0.29) is 5.82 Å². The van der Waals surface area contributed by atoms with Gasteiger partial charge in [0.1, 0.15) is 5.82 Å². The van der Waals surface area contributed by atoms with Gasteiger partial charge in [-0.15, -0.1) is 11.8 Å². The number of thioether (sulfide) groups is 1. The topological polar surface area (TPSA) is 26.0 Å². The monoisotopic (exact) mass is 185 g/mol. The highest BCUT2D eigenvalue weighted by Crippen LogP contribution is 2.18. The van der Waals surface area contributed by atoms with Crippen molar-refractivity contribution in [1.29, 1.82) is 0 Å². The van der Waals surface area contributed by atoms with Gasteiger partial charge in [0.2, 0.25) is 0 Å². The number of benzene rings is 1. The van der Waals surface area contributed by atoms with E-state index in [1.165, 1.54) is 11.8 Å². The van der Waals surface area contributed by atoms with Gasteiger partial charge in [0.15, 0.2) is 0 Å². The number of hydrogen-bond donors (Lipinski definition) is 1. The van der Waals surface area contributed by atoms with E-state index in [9.17, 15) is 4.39 Å². The third kappa shape index (κ3) is 2.22. The number of rotatable bonds is 3. The summed E-state index contributed by atoms with van der Waals surface area (Å²) in [5.41, 5.74) is 6.03. The van der Waals surface area contributed by atoms with Crippen molar-refractivity contribution in [2.45, 2.75) is 11.3 Å². The molecule has 0 aliphatic heterocycles. The SMILES string of the molecule is CSc1ccc(CCN)c(F)c1. The molecular weight excluding hydrogens is 173 g/mol. The molecule has 0 amide bonds. The molecule has 0 fully saturated rings. The predicted octanol–water partition coefficient (Wildman–Crippen LogP) is 2.05. The first-order valence-corrected chi connectivity index (χ1v) is 5.03. The van der Waals surface area contributed by atoms with E-state index in [2.05, 4.69) is 0 Å². The Morgan fingerprint density at radius 3 is 2.75 bits per heavy atom. The summed E-state index contributed by atoms with van der Waals surface area (Å²) in [6.07, 6.45) is 2.54. The largest absolute Gasteiger partial charge is 0.330 e. The molecule has 0 spiro atoms. The van der Waals surface area contributed by atoms with Crippen LogP contribution in [0.2, 0.25) is 0 Å². The van der Waals surface area contributed by atoms with Crippen LogP contribution in [0.15, 0.2) is 23.1 Å². The Morgan fingerprint density at radius 2 is 2.25 bits per heavy atom. The van der Waals surface area contributed by atoms with Crippen LogP contribution in [0.5, 0.6) is 0 Å². The van der Waals surface area contributed by atoms with Gasteiger partial charge < -0.3 is 5.73 Å². The minimum absolute atomic E-state index is 0.146. The summed E-state index contributed by atoms with van der Waals surface area (Å²) in [7, 11) is 0. The molecule has 0 saturated carbocycles. The number of nitrogens with two attached hydrogens (primary N) is 1. The molecule has 2 N–H and O–H groups in total. The van der Waals surface area contributed by atoms with Gasteiger partial charge in [0.25, 0.3) is 0 Å². The van der Waals surface area contributed by atoms with E-state index in [1.54, 1.807) is 12.1 Å². The van der Waals surface area contributed by atoms with Crippen LogP contribution in [-0.4, -0.2) is 12.8 Å². The van der Waals surface area contributed by atoms with Crippen molar-refractivity contribution in [2.24, 2.45) is 5.73 Å². The van der Waals surface area contributed by atoms with E-state index in [1.807, 2.05) is 12.3 Å². The highest BCUT2D eigenvalue weighted by atomic mass is 32.2. The molecule has 1 nitrogen and oxygen atoms in total. The van der Waals surface area contributed by atoms with Crippen LogP contribution in [0.4, 0.5) is 4.39 Å². The van der Waals surface area contributed by atoms with E-state index >= 15 is 0 Å². The van der Waals surface area contributed by atoms with Gasteiger partial charge in [-0.2, -0.15) is 0 Å². The number of hydrogen-bond acceptors (Lipinski definition) is 2. The summed E-state index contributed by atoms with van der Waals surface area (Å²) < 4.78 is 13.2. The van der Waals surface area contributed by atoms with Gasteiger partial charge >= 0.3 is 0 Å². The highest BCUT2D eigenvalue weighted by molar-refractivity contribution is 7.98. The standard InChI is InChI=1S/C9H12FNS/c1-12-8-3-2-7(4-5-11)9(10)6-8/h2-3,6H,4-5,11H2,1H3. The third-order valence-electron chi connectivity index (χ3n) is 1.67. The van der Waals surface area contributed by atoms with Crippen LogP contribution < -0.4 is 5.73 Å². The smallest absolute Gasteiger partial charge is 0.127 e. The lowest BCUT2D eigenvalue weighted by molar-refractivity contribution is 0.606. The lowest BCUT2D eigenvalue weighted by Crippen LogP contribution is -2.04. The second-order valence-electron chi connectivity index (χ2n) is 2.50. The normalized spacial score (nSPS) is 10.2. The minimum Gasteiger partial charge on any atom is -0.330 e. The first-order chi connectivity index (χ1) is 5.77. The summed E-state index contributed by atoms with van der Waals surface area (Å²) in [5.74, 6) is -0.146. The molecule has 0 heterocycles. The van der Waals surface area contributed by atoms with E-state index in [0.29, 0.717) is 18.5 Å². The zero-order chi connectivity index (χ0) is 8.97. The molecule has 0 aliphatic carbocycles. The molecule has 0 aliphatic rings. The van der Waals surface area contributed by atoms with Gasteiger partial charge in [0.05, 0.1) is 0 Å². The van der Waals surface area contributed by atoms with Crippen LogP contribution in [0, 0.1) is 5.82 Å². The van der Waals surface area contributed by atoms with Gasteiger partial charge in [-0.3, -0.25) is 0 Å². The maximum atomic E-state index is 13.2. The Balaban J connectivity index is 2.87. The maximum absolute atomic E-state index is 13.2. The fourth-order valence-electron chi connectivity index (χ4n) is 1.01. The van der Waals surface area contributed by atoms with Crippen molar-refractivity contribution in [3.8, 4) is 0 Å². The summed E-state index contributed by atoms with van der Waals surface area (Å²) >= 11 is 1.54. The van der Waals surface area contributed by atoms with Gasteiger partial charge in [0, 0.05) is 4.90 Å². The van der Waals surface area contributed by atoms with Crippen molar-refractivity contribution in [3.63, 3.8) is 0 Å². The van der Waals surface area contributed by atoms with Crippen LogP contribution in [0.3, 0.4) is 0 Å². The summed E-state index contributed by atoms with van der Waals surface area (Å²) in [6.45, 7) is 0.496. The molecule has 12 heavy (non-hydrogen) atoms. The molecule has 1 aromatic rings. The molecular formula is C9H12FNS. The van der Waals surface area contributed by atoms with E-state index in [4.69, 9.17) is 5.73 Å². The zero-order valence-electron chi connectivity index (χ0n) is 7.01. The molecule has 0 aromatic heterocycles. The van der Waals surface area contributed by atoms with Crippen LogP contribution >= 0.6 is 11.8 Å². The second kappa shape index (κ2) is 4.48. The van der Waals surface area contributed by atoms with Crippen molar-refractivity contribution in [3.05, 3.63) is 29.6 Å².